The molecular formula is C24H25FN2O3. The molecule has 0 radical (unpaired) electrons. The Morgan fingerprint density at radius 1 is 1.00 bits per heavy atom. The van der Waals surface area contributed by atoms with Gasteiger partial charge in [-0.25, -0.2) is 4.39 Å². The van der Waals surface area contributed by atoms with Crippen LogP contribution in [0.25, 0.3) is 0 Å². The molecule has 2 N–H and O–H groups in total. The quantitative estimate of drug-likeness (QED) is 0.617. The normalized spacial score (nSPS) is 15.6. The van der Waals surface area contributed by atoms with Crippen molar-refractivity contribution in [1.82, 2.24) is 10.6 Å². The Kier molecular flexibility index (Phi) is 6.26. The molecule has 30 heavy (non-hydrogen) atoms. The minimum absolute atomic E-state index is 0.146. The smallest absolute Gasteiger partial charge is 0.251 e. The van der Waals surface area contributed by atoms with Gasteiger partial charge in [0, 0.05) is 30.9 Å². The van der Waals surface area contributed by atoms with Gasteiger partial charge in [0.15, 0.2) is 0 Å². The molecule has 4 rings (SSSR count). The number of halogens is 1. The van der Waals surface area contributed by atoms with Crippen LogP contribution in [0, 0.1) is 5.82 Å². The highest BCUT2D eigenvalue weighted by molar-refractivity contribution is 5.94. The molecule has 0 saturated carbocycles. The number of carbonyl (C=O) groups excluding carboxylic acids is 1. The summed E-state index contributed by atoms with van der Waals surface area (Å²) in [5.41, 5.74) is 2.39. The summed E-state index contributed by atoms with van der Waals surface area (Å²) in [6.45, 7) is 2.25. The van der Waals surface area contributed by atoms with Gasteiger partial charge in [0.25, 0.3) is 5.91 Å². The Morgan fingerprint density at radius 2 is 1.80 bits per heavy atom. The molecule has 1 aliphatic rings. The number of ether oxygens (including phenoxy) is 1. The van der Waals surface area contributed by atoms with Crippen LogP contribution < -0.4 is 10.6 Å². The van der Waals surface area contributed by atoms with Gasteiger partial charge in [-0.2, -0.15) is 0 Å². The van der Waals surface area contributed by atoms with Gasteiger partial charge in [0.05, 0.1) is 12.8 Å². The highest BCUT2D eigenvalue weighted by Gasteiger charge is 2.33. The average Bonchev–Trinajstić information content (AvgIpc) is 3.31. The lowest BCUT2D eigenvalue weighted by Gasteiger charge is -2.39. The third kappa shape index (κ3) is 4.78. The summed E-state index contributed by atoms with van der Waals surface area (Å²) >= 11 is 0. The third-order valence-electron chi connectivity index (χ3n) is 5.57. The molecule has 0 unspecified atom stereocenters. The molecule has 5 nitrogen and oxygen atoms in total. The summed E-state index contributed by atoms with van der Waals surface area (Å²) in [5.74, 6) is 0.323. The molecule has 6 heteroatoms. The van der Waals surface area contributed by atoms with E-state index in [-0.39, 0.29) is 17.3 Å². The molecule has 1 fully saturated rings. The van der Waals surface area contributed by atoms with Crippen LogP contribution in [0.15, 0.2) is 71.3 Å². The number of hydrogen-bond acceptors (Lipinski definition) is 4. The lowest BCUT2D eigenvalue weighted by molar-refractivity contribution is 0.0357. The fourth-order valence-electron chi connectivity index (χ4n) is 3.83. The first kappa shape index (κ1) is 20.3. The van der Waals surface area contributed by atoms with Crippen molar-refractivity contribution < 1.29 is 18.3 Å². The molecule has 156 valence electrons. The molecule has 1 aliphatic heterocycles. The van der Waals surface area contributed by atoms with Gasteiger partial charge in [-0.15, -0.1) is 0 Å². The fourth-order valence-corrected chi connectivity index (χ4v) is 3.83. The standard InChI is InChI=1S/C24H25FN2O3/c25-21-8-6-20(7-9-21)24(10-13-29-14-11-24)27-16-18-3-1-4-19(15-18)23(28)26-17-22-5-2-12-30-22/h1-9,12,15,27H,10-11,13-14,16-17H2,(H,26,28). The average molecular weight is 408 g/mol. The second kappa shape index (κ2) is 9.24. The van der Waals surface area contributed by atoms with E-state index in [4.69, 9.17) is 9.15 Å². The van der Waals surface area contributed by atoms with E-state index in [2.05, 4.69) is 10.6 Å². The third-order valence-corrected chi connectivity index (χ3v) is 5.57. The molecule has 0 bridgehead atoms. The molecule has 0 spiro atoms. The number of furan rings is 1. The summed E-state index contributed by atoms with van der Waals surface area (Å²) in [6, 6.07) is 17.9. The summed E-state index contributed by atoms with van der Waals surface area (Å²) in [6.07, 6.45) is 3.20. The van der Waals surface area contributed by atoms with Crippen LogP contribution in [0.2, 0.25) is 0 Å². The summed E-state index contributed by atoms with van der Waals surface area (Å²) < 4.78 is 24.2. The van der Waals surface area contributed by atoms with Gasteiger partial charge in [-0.05, 0) is 60.4 Å². The number of amides is 1. The highest BCUT2D eigenvalue weighted by Crippen LogP contribution is 2.32. The fraction of sp³-hybridized carbons (Fsp3) is 0.292. The molecule has 2 aromatic carbocycles. The van der Waals surface area contributed by atoms with Crippen molar-refractivity contribution in [2.75, 3.05) is 13.2 Å². The second-order valence-electron chi connectivity index (χ2n) is 7.52. The van der Waals surface area contributed by atoms with Crippen molar-refractivity contribution in [2.45, 2.75) is 31.5 Å². The zero-order valence-electron chi connectivity index (χ0n) is 16.7. The topological polar surface area (TPSA) is 63.5 Å². The molecule has 3 aromatic rings. The van der Waals surface area contributed by atoms with Gasteiger partial charge in [0.2, 0.25) is 0 Å². The summed E-state index contributed by atoms with van der Waals surface area (Å²) in [7, 11) is 0. The zero-order valence-corrected chi connectivity index (χ0v) is 16.7. The minimum atomic E-state index is -0.274. The van der Waals surface area contributed by atoms with Crippen molar-refractivity contribution >= 4 is 5.91 Å². The zero-order chi connectivity index (χ0) is 20.8. The summed E-state index contributed by atoms with van der Waals surface area (Å²) in [4.78, 5) is 12.5. The Hall–Kier alpha value is -2.96. The van der Waals surface area contributed by atoms with Gasteiger partial charge in [0.1, 0.15) is 11.6 Å². The first-order valence-corrected chi connectivity index (χ1v) is 10.1. The van der Waals surface area contributed by atoms with Crippen LogP contribution in [-0.4, -0.2) is 19.1 Å². The number of hydrogen-bond donors (Lipinski definition) is 2. The molecule has 2 heterocycles. The predicted molar refractivity (Wildman–Crippen MR) is 111 cm³/mol. The van der Waals surface area contributed by atoms with Crippen LogP contribution in [-0.2, 0) is 23.4 Å². The number of carbonyl (C=O) groups is 1. The Bertz CT molecular complexity index is 964. The van der Waals surface area contributed by atoms with E-state index in [0.717, 1.165) is 24.0 Å². The Balaban J connectivity index is 1.44. The molecule has 1 saturated heterocycles. The van der Waals surface area contributed by atoms with Gasteiger partial charge in [-0.1, -0.05) is 24.3 Å². The first-order valence-electron chi connectivity index (χ1n) is 10.1. The molecule has 0 atom stereocenters. The van der Waals surface area contributed by atoms with Crippen LogP contribution in [0.5, 0.6) is 0 Å². The van der Waals surface area contributed by atoms with E-state index >= 15 is 0 Å². The Morgan fingerprint density at radius 3 is 2.53 bits per heavy atom. The van der Waals surface area contributed by atoms with E-state index < -0.39 is 0 Å². The van der Waals surface area contributed by atoms with Crippen LogP contribution in [0.3, 0.4) is 0 Å². The maximum atomic E-state index is 13.4. The minimum Gasteiger partial charge on any atom is -0.467 e. The van der Waals surface area contributed by atoms with E-state index in [1.54, 1.807) is 18.4 Å². The van der Waals surface area contributed by atoms with Crippen molar-refractivity contribution in [3.8, 4) is 0 Å². The number of rotatable bonds is 7. The van der Waals surface area contributed by atoms with Crippen molar-refractivity contribution in [3.05, 3.63) is 95.2 Å². The van der Waals surface area contributed by atoms with E-state index in [1.807, 2.05) is 36.4 Å². The Labute approximate surface area is 175 Å². The maximum absolute atomic E-state index is 13.4. The lowest BCUT2D eigenvalue weighted by atomic mass is 9.82. The number of benzene rings is 2. The van der Waals surface area contributed by atoms with Crippen LogP contribution >= 0.6 is 0 Å². The highest BCUT2D eigenvalue weighted by atomic mass is 19.1. The van der Waals surface area contributed by atoms with Crippen LogP contribution in [0.1, 0.15) is 40.1 Å². The van der Waals surface area contributed by atoms with Crippen molar-refractivity contribution in [1.29, 1.82) is 0 Å². The van der Waals surface area contributed by atoms with Gasteiger partial charge < -0.3 is 19.8 Å². The van der Waals surface area contributed by atoms with Crippen LogP contribution in [0.4, 0.5) is 4.39 Å². The monoisotopic (exact) mass is 408 g/mol. The molecule has 1 aromatic heterocycles. The van der Waals surface area contributed by atoms with Crippen molar-refractivity contribution in [2.24, 2.45) is 0 Å². The lowest BCUT2D eigenvalue weighted by Crippen LogP contribution is -2.46. The summed E-state index contributed by atoms with van der Waals surface area (Å²) in [5, 5.41) is 6.53. The van der Waals surface area contributed by atoms with E-state index in [9.17, 15) is 9.18 Å². The largest absolute Gasteiger partial charge is 0.467 e. The number of nitrogens with one attached hydrogen (secondary N) is 2. The molecular weight excluding hydrogens is 383 g/mol. The maximum Gasteiger partial charge on any atom is 0.251 e. The molecule has 0 aliphatic carbocycles. The SMILES string of the molecule is O=C(NCc1ccco1)c1cccc(CNC2(c3ccc(F)cc3)CCOCC2)c1. The van der Waals surface area contributed by atoms with Crippen molar-refractivity contribution in [3.63, 3.8) is 0 Å². The predicted octanol–water partition coefficient (Wildman–Crippen LogP) is 4.14. The van der Waals surface area contributed by atoms with Gasteiger partial charge in [-0.3, -0.25) is 4.79 Å². The first-order chi connectivity index (χ1) is 14.6. The van der Waals surface area contributed by atoms with E-state index in [1.165, 1.54) is 12.1 Å². The van der Waals surface area contributed by atoms with E-state index in [0.29, 0.717) is 37.6 Å². The van der Waals surface area contributed by atoms with Gasteiger partial charge >= 0.3 is 0 Å². The second-order valence-corrected chi connectivity index (χ2v) is 7.52. The molecule has 1 amide bonds.